The molecule has 0 spiro atoms. The van der Waals surface area contributed by atoms with Crippen molar-refractivity contribution in [3.05, 3.63) is 33.7 Å². The number of nitrogens with one attached hydrogen (secondary N) is 1. The standard InChI is InChI=1S/C11H10ClN5O5/c12-6-3-7(20-5-6)4-17-10(16-21-11(17)19)8-9(13-1-2-18)15-22-14-8/h3,5,18H,1-2,4H2,(H,13,15). The van der Waals surface area contributed by atoms with Gasteiger partial charge >= 0.3 is 5.76 Å². The molecule has 0 bridgehead atoms. The van der Waals surface area contributed by atoms with Crippen LogP contribution >= 0.6 is 11.6 Å². The second kappa shape index (κ2) is 6.03. The monoisotopic (exact) mass is 327 g/mol. The van der Waals surface area contributed by atoms with Gasteiger partial charge in [-0.05, 0) is 10.3 Å². The summed E-state index contributed by atoms with van der Waals surface area (Å²) in [5.74, 6) is 0.0873. The van der Waals surface area contributed by atoms with E-state index in [0.717, 1.165) is 0 Å². The molecule has 0 aliphatic rings. The van der Waals surface area contributed by atoms with Crippen molar-refractivity contribution < 1.29 is 18.7 Å². The third-order valence-electron chi connectivity index (χ3n) is 2.73. The summed E-state index contributed by atoms with van der Waals surface area (Å²) in [6, 6.07) is 1.57. The molecule has 0 aliphatic heterocycles. The van der Waals surface area contributed by atoms with Crippen LogP contribution in [0, 0.1) is 0 Å². The van der Waals surface area contributed by atoms with Crippen molar-refractivity contribution in [1.82, 2.24) is 20.0 Å². The molecular formula is C11H10ClN5O5. The lowest BCUT2D eigenvalue weighted by atomic mass is 10.3. The molecular weight excluding hydrogens is 318 g/mol. The fraction of sp³-hybridized carbons (Fsp3) is 0.273. The molecule has 0 saturated heterocycles. The second-order valence-corrected chi connectivity index (χ2v) is 4.64. The number of hydrogen-bond donors (Lipinski definition) is 2. The quantitative estimate of drug-likeness (QED) is 0.667. The van der Waals surface area contributed by atoms with Crippen molar-refractivity contribution in [2.45, 2.75) is 6.54 Å². The Labute approximate surface area is 127 Å². The van der Waals surface area contributed by atoms with Crippen LogP contribution < -0.4 is 11.1 Å². The fourth-order valence-electron chi connectivity index (χ4n) is 1.80. The lowest BCUT2D eigenvalue weighted by Gasteiger charge is -2.02. The molecule has 10 nitrogen and oxygen atoms in total. The number of rotatable bonds is 6. The van der Waals surface area contributed by atoms with Gasteiger partial charge in [0.25, 0.3) is 0 Å². The zero-order valence-corrected chi connectivity index (χ0v) is 11.8. The Morgan fingerprint density at radius 1 is 1.36 bits per heavy atom. The molecule has 3 aromatic rings. The highest BCUT2D eigenvalue weighted by Gasteiger charge is 2.22. The summed E-state index contributed by atoms with van der Waals surface area (Å²) in [5.41, 5.74) is 0.178. The van der Waals surface area contributed by atoms with Gasteiger partial charge in [0, 0.05) is 12.6 Å². The minimum Gasteiger partial charge on any atom is -0.466 e. The molecule has 0 saturated carbocycles. The summed E-state index contributed by atoms with van der Waals surface area (Å²) >= 11 is 5.77. The Bertz CT molecular complexity index is 819. The van der Waals surface area contributed by atoms with Crippen molar-refractivity contribution in [2.24, 2.45) is 0 Å². The van der Waals surface area contributed by atoms with Crippen LogP contribution in [0.25, 0.3) is 11.5 Å². The first-order valence-electron chi connectivity index (χ1n) is 6.16. The van der Waals surface area contributed by atoms with E-state index in [0.29, 0.717) is 10.8 Å². The summed E-state index contributed by atoms with van der Waals surface area (Å²) < 4.78 is 15.7. The SMILES string of the molecule is O=c1onc(-c2nonc2NCCO)n1Cc1cc(Cl)co1. The Balaban J connectivity index is 1.95. The average Bonchev–Trinajstić information content (AvgIpc) is 3.20. The summed E-state index contributed by atoms with van der Waals surface area (Å²) in [6.45, 7) is 0.177. The molecule has 0 radical (unpaired) electrons. The van der Waals surface area contributed by atoms with Gasteiger partial charge in [-0.2, -0.15) is 0 Å². The predicted molar refractivity (Wildman–Crippen MR) is 72.5 cm³/mol. The molecule has 2 N–H and O–H groups in total. The molecule has 0 atom stereocenters. The third-order valence-corrected chi connectivity index (χ3v) is 2.92. The van der Waals surface area contributed by atoms with E-state index < -0.39 is 5.76 Å². The fourth-order valence-corrected chi connectivity index (χ4v) is 1.96. The summed E-state index contributed by atoms with van der Waals surface area (Å²) in [7, 11) is 0. The molecule has 3 rings (SSSR count). The number of furan rings is 1. The van der Waals surface area contributed by atoms with E-state index in [9.17, 15) is 4.79 Å². The van der Waals surface area contributed by atoms with E-state index in [1.165, 1.54) is 10.8 Å². The Kier molecular flexibility index (Phi) is 3.94. The average molecular weight is 328 g/mol. The third kappa shape index (κ3) is 2.73. The zero-order chi connectivity index (χ0) is 15.5. The first-order chi connectivity index (χ1) is 10.7. The summed E-state index contributed by atoms with van der Waals surface area (Å²) in [6.07, 6.45) is 1.35. The van der Waals surface area contributed by atoms with Crippen LogP contribution in [0.15, 0.2) is 30.7 Å². The largest absolute Gasteiger partial charge is 0.466 e. The molecule has 0 aliphatic carbocycles. The number of nitrogens with zero attached hydrogens (tertiary/aromatic N) is 4. The van der Waals surface area contributed by atoms with Gasteiger partial charge in [-0.3, -0.25) is 4.52 Å². The minimum atomic E-state index is -0.696. The lowest BCUT2D eigenvalue weighted by Crippen LogP contribution is -2.16. The molecule has 0 amide bonds. The highest BCUT2D eigenvalue weighted by molar-refractivity contribution is 6.30. The Morgan fingerprint density at radius 3 is 2.95 bits per heavy atom. The maximum absolute atomic E-state index is 11.8. The van der Waals surface area contributed by atoms with E-state index in [4.69, 9.17) is 21.1 Å². The number of aromatic nitrogens is 4. The summed E-state index contributed by atoms with van der Waals surface area (Å²) in [4.78, 5) is 11.8. The molecule has 116 valence electrons. The zero-order valence-electron chi connectivity index (χ0n) is 11.0. The van der Waals surface area contributed by atoms with Gasteiger partial charge < -0.3 is 14.8 Å². The highest BCUT2D eigenvalue weighted by atomic mass is 35.5. The van der Waals surface area contributed by atoms with Crippen LogP contribution in [0.5, 0.6) is 0 Å². The van der Waals surface area contributed by atoms with Gasteiger partial charge in [0.1, 0.15) is 12.0 Å². The lowest BCUT2D eigenvalue weighted by molar-refractivity contribution is 0.304. The van der Waals surface area contributed by atoms with Crippen molar-refractivity contribution >= 4 is 17.4 Å². The Hall–Kier alpha value is -2.59. The number of aliphatic hydroxyl groups excluding tert-OH is 1. The van der Waals surface area contributed by atoms with Crippen LogP contribution in [0.2, 0.25) is 5.02 Å². The van der Waals surface area contributed by atoms with Crippen LogP contribution in [-0.4, -0.2) is 38.3 Å². The maximum atomic E-state index is 11.8. The first-order valence-corrected chi connectivity index (χ1v) is 6.54. The first kappa shape index (κ1) is 14.4. The van der Waals surface area contributed by atoms with E-state index in [-0.39, 0.29) is 37.0 Å². The van der Waals surface area contributed by atoms with Crippen LogP contribution in [0.3, 0.4) is 0 Å². The number of anilines is 1. The Morgan fingerprint density at radius 2 is 2.23 bits per heavy atom. The van der Waals surface area contributed by atoms with E-state index in [1.807, 2.05) is 0 Å². The minimum absolute atomic E-state index is 0.0523. The van der Waals surface area contributed by atoms with E-state index >= 15 is 0 Å². The topological polar surface area (TPSA) is 132 Å². The van der Waals surface area contributed by atoms with Crippen LogP contribution in [0.1, 0.15) is 5.76 Å². The summed E-state index contributed by atoms with van der Waals surface area (Å²) in [5, 5.41) is 23.0. The molecule has 3 heterocycles. The van der Waals surface area contributed by atoms with Crippen LogP contribution in [-0.2, 0) is 6.54 Å². The van der Waals surface area contributed by atoms with Crippen molar-refractivity contribution in [3.63, 3.8) is 0 Å². The number of hydrogen-bond acceptors (Lipinski definition) is 9. The molecule has 3 aromatic heterocycles. The molecule has 11 heteroatoms. The number of aliphatic hydroxyl groups is 1. The van der Waals surface area contributed by atoms with Gasteiger partial charge in [0.15, 0.2) is 5.69 Å². The smallest absolute Gasteiger partial charge is 0.442 e. The maximum Gasteiger partial charge on any atom is 0.442 e. The van der Waals surface area contributed by atoms with Gasteiger partial charge in [-0.25, -0.2) is 14.0 Å². The molecule has 0 aromatic carbocycles. The van der Waals surface area contributed by atoms with Gasteiger partial charge in [0.05, 0.1) is 18.2 Å². The van der Waals surface area contributed by atoms with Gasteiger partial charge in [-0.1, -0.05) is 16.8 Å². The van der Waals surface area contributed by atoms with Gasteiger partial charge in [-0.15, -0.1) is 0 Å². The molecule has 0 fully saturated rings. The normalized spacial score (nSPS) is 11.0. The van der Waals surface area contributed by atoms with E-state index in [2.05, 4.69) is 29.9 Å². The molecule has 0 unspecified atom stereocenters. The van der Waals surface area contributed by atoms with Crippen molar-refractivity contribution in [1.29, 1.82) is 0 Å². The van der Waals surface area contributed by atoms with Gasteiger partial charge in [0.2, 0.25) is 11.6 Å². The van der Waals surface area contributed by atoms with Crippen molar-refractivity contribution in [3.8, 4) is 11.5 Å². The second-order valence-electron chi connectivity index (χ2n) is 4.20. The van der Waals surface area contributed by atoms with Crippen molar-refractivity contribution in [2.75, 3.05) is 18.5 Å². The molecule has 22 heavy (non-hydrogen) atoms. The highest BCUT2D eigenvalue weighted by Crippen LogP contribution is 2.22. The van der Waals surface area contributed by atoms with Crippen LogP contribution in [0.4, 0.5) is 5.82 Å². The number of halogens is 1. The van der Waals surface area contributed by atoms with E-state index in [1.54, 1.807) is 6.07 Å². The predicted octanol–water partition coefficient (Wildman–Crippen LogP) is 0.585.